The van der Waals surface area contributed by atoms with Gasteiger partial charge in [0.2, 0.25) is 6.41 Å². The maximum atomic E-state index is 10.9. The van der Waals surface area contributed by atoms with Crippen LogP contribution < -0.4 is 5.32 Å². The summed E-state index contributed by atoms with van der Waals surface area (Å²) in [6, 6.07) is 8.63. The van der Waals surface area contributed by atoms with E-state index in [0.29, 0.717) is 25.0 Å². The Hall–Kier alpha value is -1.66. The van der Waals surface area contributed by atoms with Gasteiger partial charge in [0, 0.05) is 5.33 Å². The lowest BCUT2D eigenvalue weighted by Crippen LogP contribution is -2.34. The Morgan fingerprint density at radius 2 is 2.10 bits per heavy atom. The fourth-order valence-corrected chi connectivity index (χ4v) is 1.85. The summed E-state index contributed by atoms with van der Waals surface area (Å²) in [6.45, 7) is 0.745. The third kappa shape index (κ3) is 5.99. The van der Waals surface area contributed by atoms with Crippen LogP contribution in [0.3, 0.4) is 0 Å². The third-order valence-corrected chi connectivity index (χ3v) is 3.21. The number of benzene rings is 1. The highest BCUT2D eigenvalue weighted by atomic mass is 79.9. The number of carboxylic acid groups (broad SMARTS) is 1. The number of amides is 1. The molecule has 1 unspecified atom stereocenters. The van der Waals surface area contributed by atoms with Crippen LogP contribution in [0.25, 0.3) is 0 Å². The van der Waals surface area contributed by atoms with Crippen molar-refractivity contribution >= 4 is 28.3 Å². The molecule has 1 atom stereocenters. The molecular formula is C14H16BrNO4. The van der Waals surface area contributed by atoms with Gasteiger partial charge in [-0.1, -0.05) is 46.3 Å². The first-order valence-corrected chi connectivity index (χ1v) is 7.09. The van der Waals surface area contributed by atoms with Crippen molar-refractivity contribution in [1.82, 2.24) is 5.32 Å². The highest BCUT2D eigenvalue weighted by molar-refractivity contribution is 9.09. The first-order chi connectivity index (χ1) is 9.67. The summed E-state index contributed by atoms with van der Waals surface area (Å²) in [5.41, 5.74) is 1.80. The Morgan fingerprint density at radius 3 is 2.65 bits per heavy atom. The quantitative estimate of drug-likeness (QED) is 0.407. The van der Waals surface area contributed by atoms with E-state index in [1.54, 1.807) is 0 Å². The molecule has 6 heteroatoms. The Balaban J connectivity index is 2.53. The number of carbonyl (C=O) groups excluding carboxylic acids is 1. The first-order valence-electron chi connectivity index (χ1n) is 5.97. The van der Waals surface area contributed by atoms with E-state index in [-0.39, 0.29) is 0 Å². The minimum atomic E-state index is -1.11. The number of hydrogen-bond acceptors (Lipinski definition) is 3. The van der Waals surface area contributed by atoms with E-state index in [9.17, 15) is 9.59 Å². The summed E-state index contributed by atoms with van der Waals surface area (Å²) in [4.78, 5) is 21.3. The van der Waals surface area contributed by atoms with Crippen LogP contribution in [-0.4, -0.2) is 35.5 Å². The first kappa shape index (κ1) is 16.4. The average Bonchev–Trinajstić information content (AvgIpc) is 2.46. The molecule has 1 aromatic carbocycles. The van der Waals surface area contributed by atoms with E-state index in [2.05, 4.69) is 21.2 Å². The van der Waals surface area contributed by atoms with Crippen LogP contribution in [0.2, 0.25) is 0 Å². The number of alkyl halides is 1. The Bertz CT molecular complexity index is 462. The molecule has 108 valence electrons. The second-order valence-electron chi connectivity index (χ2n) is 4.04. The largest absolute Gasteiger partial charge is 0.479 e. The highest BCUT2D eigenvalue weighted by Gasteiger charge is 2.14. The molecule has 20 heavy (non-hydrogen) atoms. The normalized spacial score (nSPS) is 12.8. The third-order valence-electron chi connectivity index (χ3n) is 2.49. The number of nitrogens with one attached hydrogen (secondary N) is 1. The molecule has 1 aromatic rings. The van der Waals surface area contributed by atoms with Gasteiger partial charge in [0.1, 0.15) is 6.04 Å². The summed E-state index contributed by atoms with van der Waals surface area (Å²) in [5.74, 6) is -1.11. The lowest BCUT2D eigenvalue weighted by atomic mass is 10.2. The van der Waals surface area contributed by atoms with Crippen molar-refractivity contribution in [2.45, 2.75) is 12.6 Å². The maximum absolute atomic E-state index is 10.9. The number of halogens is 1. The van der Waals surface area contributed by atoms with Gasteiger partial charge in [-0.3, -0.25) is 4.79 Å². The van der Waals surface area contributed by atoms with E-state index in [0.717, 1.165) is 11.1 Å². The van der Waals surface area contributed by atoms with Gasteiger partial charge in [-0.25, -0.2) is 4.79 Å². The fraction of sp³-hybridized carbons (Fsp3) is 0.286. The van der Waals surface area contributed by atoms with Crippen LogP contribution >= 0.6 is 15.9 Å². The van der Waals surface area contributed by atoms with Crippen LogP contribution in [-0.2, 0) is 20.9 Å². The summed E-state index contributed by atoms with van der Waals surface area (Å²) < 4.78 is 5.52. The number of hydrogen-bond donors (Lipinski definition) is 2. The molecule has 1 rings (SSSR count). The molecule has 0 aliphatic carbocycles. The van der Waals surface area contributed by atoms with Crippen LogP contribution in [0.15, 0.2) is 42.0 Å². The van der Waals surface area contributed by atoms with E-state index >= 15 is 0 Å². The highest BCUT2D eigenvalue weighted by Crippen LogP contribution is 2.06. The number of carbonyl (C=O) groups is 2. The van der Waals surface area contributed by atoms with Crippen LogP contribution in [0.4, 0.5) is 0 Å². The Kier molecular flexibility index (Phi) is 7.60. The van der Waals surface area contributed by atoms with Gasteiger partial charge in [0.25, 0.3) is 0 Å². The zero-order chi connectivity index (χ0) is 14.8. The van der Waals surface area contributed by atoms with Gasteiger partial charge >= 0.3 is 5.97 Å². The molecule has 1 amide bonds. The zero-order valence-corrected chi connectivity index (χ0v) is 12.4. The average molecular weight is 342 g/mol. The van der Waals surface area contributed by atoms with Crippen LogP contribution in [0, 0.1) is 0 Å². The van der Waals surface area contributed by atoms with Crippen molar-refractivity contribution in [1.29, 1.82) is 0 Å². The predicted molar refractivity (Wildman–Crippen MR) is 78.6 cm³/mol. The molecule has 0 saturated heterocycles. The van der Waals surface area contributed by atoms with Crippen LogP contribution in [0.5, 0.6) is 0 Å². The van der Waals surface area contributed by atoms with Gasteiger partial charge in [-0.05, 0) is 17.2 Å². The standard InChI is InChI=1S/C14H16BrNO4/c15-7-12(6-13(14(18)19)16-10-17)9-20-8-11-4-2-1-3-5-11/h1-6,10,13H,7-9H2,(H,16,17)(H,18,19)/b12-6+. The van der Waals surface area contributed by atoms with Gasteiger partial charge in [0.05, 0.1) is 13.2 Å². The van der Waals surface area contributed by atoms with E-state index < -0.39 is 12.0 Å². The van der Waals surface area contributed by atoms with Crippen LogP contribution in [0.1, 0.15) is 5.56 Å². The summed E-state index contributed by atoms with van der Waals surface area (Å²) >= 11 is 3.27. The molecule has 0 aliphatic rings. The number of rotatable bonds is 9. The number of ether oxygens (including phenoxy) is 1. The molecule has 5 nitrogen and oxygen atoms in total. The van der Waals surface area contributed by atoms with Crippen molar-refractivity contribution < 1.29 is 19.4 Å². The summed E-state index contributed by atoms with van der Waals surface area (Å²) in [5, 5.41) is 11.6. The maximum Gasteiger partial charge on any atom is 0.330 e. The second-order valence-corrected chi connectivity index (χ2v) is 4.60. The number of aliphatic carboxylic acids is 1. The molecule has 0 saturated carbocycles. The molecule has 2 N–H and O–H groups in total. The topological polar surface area (TPSA) is 75.6 Å². The lowest BCUT2D eigenvalue weighted by molar-refractivity contribution is -0.139. The lowest BCUT2D eigenvalue weighted by Gasteiger charge is -2.10. The molecule has 0 heterocycles. The molecule has 0 spiro atoms. The minimum Gasteiger partial charge on any atom is -0.479 e. The van der Waals surface area contributed by atoms with Gasteiger partial charge in [-0.2, -0.15) is 0 Å². The van der Waals surface area contributed by atoms with E-state index in [1.165, 1.54) is 6.08 Å². The van der Waals surface area contributed by atoms with E-state index in [4.69, 9.17) is 9.84 Å². The molecule has 0 fully saturated rings. The number of carboxylic acids is 1. The second kappa shape index (κ2) is 9.28. The molecule has 0 radical (unpaired) electrons. The van der Waals surface area contributed by atoms with Crippen molar-refractivity contribution in [3.63, 3.8) is 0 Å². The summed E-state index contributed by atoms with van der Waals surface area (Å²) in [7, 11) is 0. The molecule has 0 aliphatic heterocycles. The van der Waals surface area contributed by atoms with Crippen molar-refractivity contribution in [3.05, 3.63) is 47.5 Å². The smallest absolute Gasteiger partial charge is 0.330 e. The molecular weight excluding hydrogens is 326 g/mol. The van der Waals surface area contributed by atoms with Crippen molar-refractivity contribution in [2.24, 2.45) is 0 Å². The zero-order valence-electron chi connectivity index (χ0n) is 10.8. The SMILES string of the molecule is O=CNC(/C=C(\CBr)COCc1ccccc1)C(=O)O. The van der Waals surface area contributed by atoms with Gasteiger partial charge in [0.15, 0.2) is 0 Å². The molecule has 0 aromatic heterocycles. The van der Waals surface area contributed by atoms with Gasteiger partial charge < -0.3 is 15.2 Å². The van der Waals surface area contributed by atoms with Crippen molar-refractivity contribution in [2.75, 3.05) is 11.9 Å². The van der Waals surface area contributed by atoms with E-state index in [1.807, 2.05) is 30.3 Å². The van der Waals surface area contributed by atoms with Gasteiger partial charge in [-0.15, -0.1) is 0 Å². The summed E-state index contributed by atoms with van der Waals surface area (Å²) in [6.07, 6.45) is 1.84. The molecule has 0 bridgehead atoms. The Morgan fingerprint density at radius 1 is 1.40 bits per heavy atom. The fourth-order valence-electron chi connectivity index (χ4n) is 1.51. The predicted octanol–water partition coefficient (Wildman–Crippen LogP) is 1.72. The Labute approximate surface area is 125 Å². The monoisotopic (exact) mass is 341 g/mol. The van der Waals surface area contributed by atoms with Crippen molar-refractivity contribution in [3.8, 4) is 0 Å². The minimum absolute atomic E-state index is 0.296.